The van der Waals surface area contributed by atoms with Gasteiger partial charge in [-0.2, -0.15) is 26.3 Å². The van der Waals surface area contributed by atoms with E-state index in [0.717, 1.165) is 42.4 Å². The number of halogens is 9. The smallest absolute Gasteiger partial charge is 0.346 e. The maximum Gasteiger partial charge on any atom is 0.417 e. The summed E-state index contributed by atoms with van der Waals surface area (Å²) in [6.45, 7) is -0.692. The normalized spacial score (nSPS) is 23.9. The average Bonchev–Trinajstić information content (AvgIpc) is 3.15. The Kier molecular flexibility index (Phi) is 7.04. The van der Waals surface area contributed by atoms with Crippen LogP contribution in [0.2, 0.25) is 0 Å². The highest BCUT2D eigenvalue weighted by molar-refractivity contribution is 6.22. The molecule has 1 aromatic rings. The first-order valence-corrected chi connectivity index (χ1v) is 10.6. The summed E-state index contributed by atoms with van der Waals surface area (Å²) in [4.78, 5) is 12.3. The van der Waals surface area contributed by atoms with Crippen molar-refractivity contribution in [3.8, 4) is 0 Å². The molecule has 2 unspecified atom stereocenters. The van der Waals surface area contributed by atoms with Crippen LogP contribution < -0.4 is 5.32 Å². The van der Waals surface area contributed by atoms with Gasteiger partial charge in [0.25, 0.3) is 11.8 Å². The summed E-state index contributed by atoms with van der Waals surface area (Å²) in [6, 6.07) is 3.76. The summed E-state index contributed by atoms with van der Waals surface area (Å²) in [5.74, 6) is -5.07. The molecule has 0 fully saturated rings. The minimum Gasteiger partial charge on any atom is -0.346 e. The number of hydrogen-bond donors (Lipinski definition) is 1. The zero-order chi connectivity index (χ0) is 26.4. The second-order valence-corrected chi connectivity index (χ2v) is 8.82. The summed E-state index contributed by atoms with van der Waals surface area (Å²) >= 11 is 6.22. The van der Waals surface area contributed by atoms with Crippen LogP contribution in [0.5, 0.6) is 0 Å². The van der Waals surface area contributed by atoms with Gasteiger partial charge in [0, 0.05) is 19.8 Å². The van der Waals surface area contributed by atoms with Crippen molar-refractivity contribution in [2.75, 3.05) is 20.1 Å². The number of hydrazine groups is 1. The van der Waals surface area contributed by atoms with Gasteiger partial charge in [-0.3, -0.25) is 9.80 Å². The Hall–Kier alpha value is -2.60. The first kappa shape index (κ1) is 27.0. The van der Waals surface area contributed by atoms with Crippen molar-refractivity contribution < 1.29 is 39.9 Å². The van der Waals surface area contributed by atoms with Crippen LogP contribution in [0.4, 0.5) is 35.1 Å². The Morgan fingerprint density at radius 3 is 2.29 bits per heavy atom. The van der Waals surface area contributed by atoms with Crippen LogP contribution in [-0.2, 0) is 6.18 Å². The first-order valence-electron chi connectivity index (χ1n) is 10.1. The van der Waals surface area contributed by atoms with Crippen molar-refractivity contribution in [3.63, 3.8) is 0 Å². The summed E-state index contributed by atoms with van der Waals surface area (Å²) in [5.41, 5.74) is -4.89. The first-order chi connectivity index (χ1) is 16.0. The molecule has 35 heavy (non-hydrogen) atoms. The third-order valence-corrected chi connectivity index (χ3v) is 6.48. The van der Waals surface area contributed by atoms with E-state index >= 15 is 8.78 Å². The van der Waals surface area contributed by atoms with E-state index in [1.54, 1.807) is 0 Å². The Morgan fingerprint density at radius 1 is 1.11 bits per heavy atom. The fourth-order valence-electron chi connectivity index (χ4n) is 3.65. The summed E-state index contributed by atoms with van der Waals surface area (Å²) in [7, 11) is 1.38. The fraction of sp³-hybridized carbons (Fsp3) is 0.409. The molecular weight excluding hydrogens is 510 g/mol. The van der Waals surface area contributed by atoms with Crippen LogP contribution in [0.25, 0.3) is 0 Å². The van der Waals surface area contributed by atoms with E-state index in [-0.39, 0.29) is 5.70 Å². The van der Waals surface area contributed by atoms with Gasteiger partial charge < -0.3 is 5.32 Å². The Balaban J connectivity index is 1.76. The van der Waals surface area contributed by atoms with Gasteiger partial charge in [0.1, 0.15) is 0 Å². The van der Waals surface area contributed by atoms with Crippen LogP contribution >= 0.6 is 11.6 Å². The van der Waals surface area contributed by atoms with E-state index in [0.29, 0.717) is 6.07 Å². The lowest BCUT2D eigenvalue weighted by atomic mass is 9.76. The second kappa shape index (κ2) is 9.12. The van der Waals surface area contributed by atoms with Gasteiger partial charge in [-0.25, -0.2) is 13.8 Å². The zero-order valence-corrected chi connectivity index (χ0v) is 19.1. The molecule has 1 heterocycles. The number of carbonyl (C=O) groups excluding carboxylic acids is 1. The highest BCUT2D eigenvalue weighted by atomic mass is 35.5. The number of benzene rings is 1. The molecule has 1 amide bonds. The zero-order valence-electron chi connectivity index (χ0n) is 18.3. The number of allylic oxidation sites excluding steroid dienone is 3. The van der Waals surface area contributed by atoms with E-state index in [1.807, 2.05) is 5.32 Å². The molecule has 0 saturated carbocycles. The molecule has 3 rings (SSSR count). The average molecular weight is 530 g/mol. The molecule has 2 aliphatic rings. The summed E-state index contributed by atoms with van der Waals surface area (Å²) in [6.07, 6.45) is -5.24. The van der Waals surface area contributed by atoms with Crippen LogP contribution in [0.1, 0.15) is 22.8 Å². The largest absolute Gasteiger partial charge is 0.417 e. The lowest BCUT2D eigenvalue weighted by Gasteiger charge is -2.40. The number of alkyl halides is 9. The SMILES string of the molecule is CN1CC(C(F)(F)F)=CN1C1=CC(Cl)C(C)(C(F)(F)CNC(=O)c2ccccc2C(F)(F)F)C=C1. The van der Waals surface area contributed by atoms with Crippen LogP contribution in [0.15, 0.2) is 60.0 Å². The fourth-order valence-corrected chi connectivity index (χ4v) is 4.02. The van der Waals surface area contributed by atoms with Gasteiger partial charge >= 0.3 is 12.4 Å². The molecule has 1 aliphatic carbocycles. The molecule has 1 aromatic carbocycles. The molecule has 0 aromatic heterocycles. The van der Waals surface area contributed by atoms with E-state index in [9.17, 15) is 31.1 Å². The van der Waals surface area contributed by atoms with E-state index in [4.69, 9.17) is 11.6 Å². The van der Waals surface area contributed by atoms with Crippen molar-refractivity contribution in [2.24, 2.45) is 5.41 Å². The molecular formula is C22H20ClF8N3O. The van der Waals surface area contributed by atoms with Gasteiger partial charge in [0.2, 0.25) is 0 Å². The Labute approximate surface area is 200 Å². The second-order valence-electron chi connectivity index (χ2n) is 8.35. The van der Waals surface area contributed by atoms with Crippen LogP contribution in [0.3, 0.4) is 0 Å². The van der Waals surface area contributed by atoms with Crippen molar-refractivity contribution in [1.29, 1.82) is 0 Å². The quantitative estimate of drug-likeness (QED) is 0.390. The number of rotatable bonds is 5. The van der Waals surface area contributed by atoms with E-state index < -0.39 is 64.8 Å². The third-order valence-electron chi connectivity index (χ3n) is 5.90. The number of nitrogens with zero attached hydrogens (tertiary/aromatic N) is 2. The van der Waals surface area contributed by atoms with Gasteiger partial charge in [-0.05, 0) is 31.2 Å². The van der Waals surface area contributed by atoms with Gasteiger partial charge in [0.05, 0.1) is 39.7 Å². The van der Waals surface area contributed by atoms with Crippen LogP contribution in [0, 0.1) is 5.41 Å². The standard InChI is InChI=1S/C22H20ClF8N3O/c1-19(8-7-14(9-17(19)23)34-11-13(10-33(34)2)21(26,27)28)20(24,25)12-32-18(35)15-5-3-4-6-16(15)22(29,30)31/h3-9,11,17H,10,12H2,1-2H3,(H,32,35). The monoisotopic (exact) mass is 529 g/mol. The highest BCUT2D eigenvalue weighted by Crippen LogP contribution is 2.47. The van der Waals surface area contributed by atoms with Crippen molar-refractivity contribution >= 4 is 17.5 Å². The maximum absolute atomic E-state index is 15.2. The number of nitrogens with one attached hydrogen (secondary N) is 1. The third kappa shape index (κ3) is 5.32. The van der Waals surface area contributed by atoms with Gasteiger partial charge in [0.15, 0.2) is 0 Å². The van der Waals surface area contributed by atoms with Crippen molar-refractivity contribution in [3.05, 3.63) is 71.1 Å². The summed E-state index contributed by atoms with van der Waals surface area (Å²) < 4.78 is 109. The predicted molar refractivity (Wildman–Crippen MR) is 112 cm³/mol. The molecule has 1 N–H and O–H groups in total. The van der Waals surface area contributed by atoms with Crippen molar-refractivity contribution in [1.82, 2.24) is 15.3 Å². The maximum atomic E-state index is 15.2. The molecule has 0 radical (unpaired) electrons. The summed E-state index contributed by atoms with van der Waals surface area (Å²) in [5, 5.41) is 2.76. The Bertz CT molecular complexity index is 1080. The minimum absolute atomic E-state index is 0.128. The topological polar surface area (TPSA) is 35.6 Å². The molecule has 2 atom stereocenters. The molecule has 192 valence electrons. The predicted octanol–water partition coefficient (Wildman–Crippen LogP) is 5.75. The molecule has 0 bridgehead atoms. The van der Waals surface area contributed by atoms with E-state index in [2.05, 4.69) is 0 Å². The van der Waals surface area contributed by atoms with Crippen molar-refractivity contribution in [2.45, 2.75) is 30.6 Å². The lowest BCUT2D eigenvalue weighted by Crippen LogP contribution is -2.52. The van der Waals surface area contributed by atoms with Crippen LogP contribution in [-0.4, -0.2) is 53.5 Å². The number of likely N-dealkylation sites (N-methyl/N-ethyl adjacent to an activating group) is 1. The molecule has 0 saturated heterocycles. The van der Waals surface area contributed by atoms with Gasteiger partial charge in [-0.15, -0.1) is 11.6 Å². The number of amides is 1. The number of hydrogen-bond acceptors (Lipinski definition) is 3. The molecule has 1 aliphatic heterocycles. The lowest BCUT2D eigenvalue weighted by molar-refractivity contribution is -0.138. The molecule has 13 heteroatoms. The van der Waals surface area contributed by atoms with Gasteiger partial charge in [-0.1, -0.05) is 18.2 Å². The molecule has 4 nitrogen and oxygen atoms in total. The Morgan fingerprint density at radius 2 is 1.74 bits per heavy atom. The molecule has 0 spiro atoms. The highest BCUT2D eigenvalue weighted by Gasteiger charge is 2.54. The minimum atomic E-state index is -4.86. The van der Waals surface area contributed by atoms with E-state index in [1.165, 1.54) is 24.2 Å². The number of carbonyl (C=O) groups is 1.